The first kappa shape index (κ1) is 25.4. The van der Waals surface area contributed by atoms with Gasteiger partial charge in [-0.25, -0.2) is 9.78 Å². The number of rotatable bonds is 10. The molecule has 3 aromatic rings. The van der Waals surface area contributed by atoms with Gasteiger partial charge in [-0.15, -0.1) is 0 Å². The van der Waals surface area contributed by atoms with Gasteiger partial charge in [0.1, 0.15) is 11.4 Å². The fourth-order valence-electron chi connectivity index (χ4n) is 3.35. The minimum absolute atomic E-state index is 0.0413. The third-order valence-electron chi connectivity index (χ3n) is 5.33. The molecular formula is C25H29ClN4O4. The van der Waals surface area contributed by atoms with Gasteiger partial charge >= 0.3 is 5.97 Å². The highest BCUT2D eigenvalue weighted by Gasteiger charge is 2.23. The highest BCUT2D eigenvalue weighted by molar-refractivity contribution is 6.31. The predicted molar refractivity (Wildman–Crippen MR) is 133 cm³/mol. The number of nitrogens with zero attached hydrogens (tertiary/aromatic N) is 2. The summed E-state index contributed by atoms with van der Waals surface area (Å²) in [5.41, 5.74) is 1.96. The maximum Gasteiger partial charge on any atom is 0.343 e. The summed E-state index contributed by atoms with van der Waals surface area (Å²) in [7, 11) is 0. The molecule has 4 N–H and O–H groups in total. The summed E-state index contributed by atoms with van der Waals surface area (Å²) in [6.45, 7) is 5.47. The standard InChI is InChI=1S/C25H29ClN4O4/c1-4-34-23(33)18-13-27-24(28-17-10-11-19(20(26)12-17)25(2,3)15-32)30-22(18)29-21(14-31)16-8-6-5-7-9-16/h5-13,21,31-32H,4,14-15H2,1-3H3,(H2,27,28,29,30)/t21-/m1/s1. The Balaban J connectivity index is 1.92. The molecule has 0 fully saturated rings. The van der Waals surface area contributed by atoms with Crippen LogP contribution in [0.2, 0.25) is 5.02 Å². The monoisotopic (exact) mass is 484 g/mol. The van der Waals surface area contributed by atoms with Crippen LogP contribution in [0, 0.1) is 0 Å². The van der Waals surface area contributed by atoms with Crippen LogP contribution in [0.3, 0.4) is 0 Å². The van der Waals surface area contributed by atoms with Gasteiger partial charge in [0.25, 0.3) is 0 Å². The molecule has 180 valence electrons. The Labute approximate surface area is 204 Å². The summed E-state index contributed by atoms with van der Waals surface area (Å²) in [4.78, 5) is 21.2. The van der Waals surface area contributed by atoms with E-state index < -0.39 is 17.4 Å². The first-order valence-electron chi connectivity index (χ1n) is 10.9. The van der Waals surface area contributed by atoms with Crippen LogP contribution >= 0.6 is 11.6 Å². The predicted octanol–water partition coefficient (Wildman–Crippen LogP) is 4.47. The Morgan fingerprint density at radius 2 is 1.91 bits per heavy atom. The average Bonchev–Trinajstić information content (AvgIpc) is 2.83. The van der Waals surface area contributed by atoms with Crippen molar-refractivity contribution in [1.29, 1.82) is 0 Å². The van der Waals surface area contributed by atoms with Gasteiger partial charge < -0.3 is 25.6 Å². The number of esters is 1. The largest absolute Gasteiger partial charge is 0.462 e. The van der Waals surface area contributed by atoms with Crippen molar-refractivity contribution in [3.8, 4) is 0 Å². The van der Waals surface area contributed by atoms with Crippen LogP contribution < -0.4 is 10.6 Å². The van der Waals surface area contributed by atoms with Crippen molar-refractivity contribution in [1.82, 2.24) is 9.97 Å². The van der Waals surface area contributed by atoms with Crippen LogP contribution in [0.5, 0.6) is 0 Å². The number of carbonyl (C=O) groups is 1. The number of nitrogens with one attached hydrogen (secondary N) is 2. The Morgan fingerprint density at radius 1 is 1.18 bits per heavy atom. The fourth-order valence-corrected chi connectivity index (χ4v) is 3.79. The quantitative estimate of drug-likeness (QED) is 0.311. The van der Waals surface area contributed by atoms with Crippen molar-refractivity contribution in [3.63, 3.8) is 0 Å². The second-order valence-corrected chi connectivity index (χ2v) is 8.74. The number of ether oxygens (including phenoxy) is 1. The molecule has 34 heavy (non-hydrogen) atoms. The van der Waals surface area contributed by atoms with Crippen molar-refractivity contribution < 1.29 is 19.7 Å². The van der Waals surface area contributed by atoms with E-state index in [0.29, 0.717) is 10.7 Å². The van der Waals surface area contributed by atoms with Crippen LogP contribution in [0.1, 0.15) is 48.3 Å². The second kappa shape index (κ2) is 11.3. The van der Waals surface area contributed by atoms with Crippen LogP contribution in [0.15, 0.2) is 54.7 Å². The van der Waals surface area contributed by atoms with E-state index in [-0.39, 0.29) is 37.2 Å². The smallest absolute Gasteiger partial charge is 0.343 e. The highest BCUT2D eigenvalue weighted by Crippen LogP contribution is 2.32. The SMILES string of the molecule is CCOC(=O)c1cnc(Nc2ccc(C(C)(C)CO)c(Cl)c2)nc1N[C@H](CO)c1ccccc1. The van der Waals surface area contributed by atoms with Gasteiger partial charge in [0.15, 0.2) is 0 Å². The molecule has 0 radical (unpaired) electrons. The number of anilines is 3. The molecule has 0 amide bonds. The average molecular weight is 485 g/mol. The van der Waals surface area contributed by atoms with Crippen molar-refractivity contribution in [2.45, 2.75) is 32.2 Å². The number of carbonyl (C=O) groups excluding carboxylic acids is 1. The first-order valence-corrected chi connectivity index (χ1v) is 11.3. The summed E-state index contributed by atoms with van der Waals surface area (Å²) < 4.78 is 5.14. The van der Waals surface area contributed by atoms with Gasteiger partial charge in [0.2, 0.25) is 5.95 Å². The van der Waals surface area contributed by atoms with Gasteiger partial charge in [-0.3, -0.25) is 0 Å². The molecule has 2 aromatic carbocycles. The molecule has 3 rings (SSSR count). The van der Waals surface area contributed by atoms with Crippen LogP contribution in [-0.4, -0.2) is 46.0 Å². The minimum atomic E-state index is -0.570. The Hall–Kier alpha value is -3.20. The number of hydrogen-bond acceptors (Lipinski definition) is 8. The number of aromatic nitrogens is 2. The van der Waals surface area contributed by atoms with E-state index in [2.05, 4.69) is 20.6 Å². The van der Waals surface area contributed by atoms with Crippen molar-refractivity contribution in [2.75, 3.05) is 30.5 Å². The molecule has 9 heteroatoms. The number of halogens is 1. The lowest BCUT2D eigenvalue weighted by Gasteiger charge is -2.24. The molecule has 0 spiro atoms. The van der Waals surface area contributed by atoms with Gasteiger partial charge in [-0.1, -0.05) is 61.8 Å². The number of benzene rings is 2. The molecule has 0 saturated heterocycles. The molecule has 0 aliphatic heterocycles. The van der Waals surface area contributed by atoms with E-state index in [1.54, 1.807) is 13.0 Å². The van der Waals surface area contributed by atoms with E-state index >= 15 is 0 Å². The topological polar surface area (TPSA) is 117 Å². The molecule has 1 aromatic heterocycles. The minimum Gasteiger partial charge on any atom is -0.462 e. The normalized spacial score (nSPS) is 12.2. The van der Waals surface area contributed by atoms with Crippen LogP contribution in [0.25, 0.3) is 0 Å². The maximum atomic E-state index is 12.5. The van der Waals surface area contributed by atoms with Crippen molar-refractivity contribution in [2.24, 2.45) is 0 Å². The van der Waals surface area contributed by atoms with E-state index in [1.165, 1.54) is 6.20 Å². The zero-order chi connectivity index (χ0) is 24.7. The summed E-state index contributed by atoms with van der Waals surface area (Å²) >= 11 is 6.45. The number of aliphatic hydroxyl groups excluding tert-OH is 2. The highest BCUT2D eigenvalue weighted by atomic mass is 35.5. The zero-order valence-corrected chi connectivity index (χ0v) is 20.1. The first-order chi connectivity index (χ1) is 16.3. The van der Waals surface area contributed by atoms with E-state index in [9.17, 15) is 15.0 Å². The zero-order valence-electron chi connectivity index (χ0n) is 19.4. The van der Waals surface area contributed by atoms with E-state index in [4.69, 9.17) is 16.3 Å². The van der Waals surface area contributed by atoms with Crippen molar-refractivity contribution in [3.05, 3.63) is 76.4 Å². The number of hydrogen-bond donors (Lipinski definition) is 4. The fraction of sp³-hybridized carbons (Fsp3) is 0.320. The Morgan fingerprint density at radius 3 is 2.53 bits per heavy atom. The summed E-state index contributed by atoms with van der Waals surface area (Å²) in [6, 6.07) is 14.2. The summed E-state index contributed by atoms with van der Waals surface area (Å²) in [5.74, 6) is -0.117. The van der Waals surface area contributed by atoms with E-state index in [0.717, 1.165) is 11.1 Å². The molecule has 0 bridgehead atoms. The van der Waals surface area contributed by atoms with E-state index in [1.807, 2.05) is 56.3 Å². The van der Waals surface area contributed by atoms with Crippen LogP contribution in [-0.2, 0) is 10.2 Å². The lowest BCUT2D eigenvalue weighted by atomic mass is 9.85. The Kier molecular flexibility index (Phi) is 8.44. The summed E-state index contributed by atoms with van der Waals surface area (Å²) in [5, 5.41) is 26.3. The lowest BCUT2D eigenvalue weighted by Crippen LogP contribution is -2.22. The van der Waals surface area contributed by atoms with Gasteiger partial charge in [0.05, 0.1) is 25.9 Å². The molecule has 0 saturated carbocycles. The summed E-state index contributed by atoms with van der Waals surface area (Å²) in [6.07, 6.45) is 1.37. The third-order valence-corrected chi connectivity index (χ3v) is 5.64. The lowest BCUT2D eigenvalue weighted by molar-refractivity contribution is 0.0526. The van der Waals surface area contributed by atoms with Gasteiger partial charge in [-0.2, -0.15) is 4.98 Å². The van der Waals surface area contributed by atoms with Gasteiger partial charge in [-0.05, 0) is 30.2 Å². The second-order valence-electron chi connectivity index (χ2n) is 8.33. The molecule has 0 aliphatic carbocycles. The van der Waals surface area contributed by atoms with Crippen molar-refractivity contribution >= 4 is 35.0 Å². The maximum absolute atomic E-state index is 12.5. The van der Waals surface area contributed by atoms with Crippen LogP contribution in [0.4, 0.5) is 17.5 Å². The molecule has 1 atom stereocenters. The number of aliphatic hydroxyl groups is 2. The third kappa shape index (κ3) is 6.02. The molecule has 1 heterocycles. The van der Waals surface area contributed by atoms with Gasteiger partial charge in [0, 0.05) is 22.3 Å². The molecule has 0 aliphatic rings. The Bertz CT molecular complexity index is 1130. The molecule has 8 nitrogen and oxygen atoms in total. The molecular weight excluding hydrogens is 456 g/mol. The molecule has 0 unspecified atom stereocenters.